The summed E-state index contributed by atoms with van der Waals surface area (Å²) in [7, 11) is 0. The third-order valence-corrected chi connectivity index (χ3v) is 5.10. The molecule has 0 amide bonds. The first-order chi connectivity index (χ1) is 14.0. The van der Waals surface area contributed by atoms with Crippen LogP contribution in [0.2, 0.25) is 15.1 Å². The fourth-order valence-electron chi connectivity index (χ4n) is 2.67. The summed E-state index contributed by atoms with van der Waals surface area (Å²) < 4.78 is 24.6. The Bertz CT molecular complexity index is 981. The molecule has 3 nitrogen and oxygen atoms in total. The summed E-state index contributed by atoms with van der Waals surface area (Å²) in [5.74, 6) is 0.713. The molecule has 3 aromatic rings. The summed E-state index contributed by atoms with van der Waals surface area (Å²) in [5, 5.41) is 4.69. The molecular formula is C22H19Cl3FNO2. The molecule has 0 saturated carbocycles. The van der Waals surface area contributed by atoms with Gasteiger partial charge < -0.3 is 14.8 Å². The molecule has 0 bridgehead atoms. The van der Waals surface area contributed by atoms with Gasteiger partial charge in [-0.1, -0.05) is 46.9 Å². The van der Waals surface area contributed by atoms with Crippen molar-refractivity contribution in [3.8, 4) is 11.5 Å². The van der Waals surface area contributed by atoms with E-state index in [4.69, 9.17) is 44.3 Å². The van der Waals surface area contributed by atoms with Gasteiger partial charge in [0.15, 0.2) is 11.5 Å². The van der Waals surface area contributed by atoms with E-state index in [9.17, 15) is 4.39 Å². The summed E-state index contributed by atoms with van der Waals surface area (Å²) >= 11 is 18.5. The van der Waals surface area contributed by atoms with Crippen LogP contribution in [0.1, 0.15) is 18.1 Å². The van der Waals surface area contributed by atoms with Crippen LogP contribution in [-0.4, -0.2) is 6.61 Å². The van der Waals surface area contributed by atoms with Crippen LogP contribution in [0.3, 0.4) is 0 Å². The van der Waals surface area contributed by atoms with Crippen LogP contribution >= 0.6 is 34.8 Å². The van der Waals surface area contributed by atoms with Gasteiger partial charge in [0.2, 0.25) is 0 Å². The van der Waals surface area contributed by atoms with Crippen molar-refractivity contribution in [3.05, 3.63) is 86.6 Å². The lowest BCUT2D eigenvalue weighted by atomic mass is 10.2. The van der Waals surface area contributed by atoms with Gasteiger partial charge in [0.05, 0.1) is 21.7 Å². The lowest BCUT2D eigenvalue weighted by Crippen LogP contribution is -2.04. The molecule has 0 aliphatic rings. The highest BCUT2D eigenvalue weighted by Gasteiger charge is 2.13. The van der Waals surface area contributed by atoms with E-state index in [0.29, 0.717) is 39.7 Å². The van der Waals surface area contributed by atoms with Crippen LogP contribution in [-0.2, 0) is 13.2 Å². The highest BCUT2D eigenvalue weighted by Crippen LogP contribution is 2.37. The van der Waals surface area contributed by atoms with Gasteiger partial charge in [-0.2, -0.15) is 0 Å². The summed E-state index contributed by atoms with van der Waals surface area (Å²) in [6, 6.07) is 15.1. The molecule has 3 rings (SSSR count). The van der Waals surface area contributed by atoms with Gasteiger partial charge in [0.25, 0.3) is 0 Å². The second-order valence-corrected chi connectivity index (χ2v) is 7.46. The van der Waals surface area contributed by atoms with Crippen molar-refractivity contribution in [2.45, 2.75) is 20.1 Å². The van der Waals surface area contributed by atoms with Crippen LogP contribution in [0.25, 0.3) is 0 Å². The molecule has 0 aromatic heterocycles. The first kappa shape index (κ1) is 21.6. The van der Waals surface area contributed by atoms with E-state index in [1.54, 1.807) is 24.3 Å². The van der Waals surface area contributed by atoms with Crippen molar-refractivity contribution in [1.82, 2.24) is 0 Å². The molecule has 29 heavy (non-hydrogen) atoms. The molecule has 0 heterocycles. The van der Waals surface area contributed by atoms with Gasteiger partial charge in [-0.25, -0.2) is 4.39 Å². The zero-order chi connectivity index (χ0) is 20.8. The topological polar surface area (TPSA) is 30.5 Å². The van der Waals surface area contributed by atoms with Gasteiger partial charge in [0.1, 0.15) is 12.4 Å². The Morgan fingerprint density at radius 3 is 2.28 bits per heavy atom. The predicted octanol–water partition coefficient (Wildman–Crippen LogP) is 7.38. The van der Waals surface area contributed by atoms with E-state index in [0.717, 1.165) is 16.8 Å². The zero-order valence-corrected chi connectivity index (χ0v) is 17.9. The lowest BCUT2D eigenvalue weighted by molar-refractivity contribution is 0.269. The average Bonchev–Trinajstić information content (AvgIpc) is 2.70. The Balaban J connectivity index is 1.74. The number of rotatable bonds is 8. The summed E-state index contributed by atoms with van der Waals surface area (Å²) in [4.78, 5) is 0. The minimum atomic E-state index is -0.291. The molecule has 0 fully saturated rings. The zero-order valence-electron chi connectivity index (χ0n) is 15.6. The highest BCUT2D eigenvalue weighted by atomic mass is 35.5. The van der Waals surface area contributed by atoms with Crippen molar-refractivity contribution in [3.63, 3.8) is 0 Å². The summed E-state index contributed by atoms with van der Waals surface area (Å²) in [6.45, 7) is 3.11. The molecular weight excluding hydrogens is 436 g/mol. The quantitative estimate of drug-likeness (QED) is 0.385. The number of benzene rings is 3. The van der Waals surface area contributed by atoms with Gasteiger partial charge in [-0.3, -0.25) is 0 Å². The standard InChI is InChI=1S/C22H19Cl3FNO2/c1-2-28-21-10-15(12-27-17-7-8-18(23)19(24)11-17)9-20(25)22(21)29-13-14-3-5-16(26)6-4-14/h3-11,27H,2,12-13H2,1H3. The Kier molecular flexibility index (Phi) is 7.48. The molecule has 7 heteroatoms. The molecule has 1 N–H and O–H groups in total. The highest BCUT2D eigenvalue weighted by molar-refractivity contribution is 6.42. The van der Waals surface area contributed by atoms with Gasteiger partial charge >= 0.3 is 0 Å². The van der Waals surface area contributed by atoms with Crippen molar-refractivity contribution in [2.75, 3.05) is 11.9 Å². The maximum absolute atomic E-state index is 13.1. The summed E-state index contributed by atoms with van der Waals surface area (Å²) in [6.07, 6.45) is 0. The van der Waals surface area contributed by atoms with E-state index < -0.39 is 0 Å². The van der Waals surface area contributed by atoms with Crippen molar-refractivity contribution in [1.29, 1.82) is 0 Å². The van der Waals surface area contributed by atoms with Crippen molar-refractivity contribution in [2.24, 2.45) is 0 Å². The van der Waals surface area contributed by atoms with Crippen molar-refractivity contribution < 1.29 is 13.9 Å². The van der Waals surface area contributed by atoms with Gasteiger partial charge in [-0.05, 0) is 60.5 Å². The maximum Gasteiger partial charge on any atom is 0.180 e. The molecule has 0 atom stereocenters. The van der Waals surface area contributed by atoms with E-state index in [1.807, 2.05) is 25.1 Å². The van der Waals surface area contributed by atoms with Crippen LogP contribution in [0, 0.1) is 5.82 Å². The fourth-order valence-corrected chi connectivity index (χ4v) is 3.26. The van der Waals surface area contributed by atoms with Gasteiger partial charge in [-0.15, -0.1) is 0 Å². The van der Waals surface area contributed by atoms with E-state index >= 15 is 0 Å². The summed E-state index contributed by atoms with van der Waals surface area (Å²) in [5.41, 5.74) is 2.58. The molecule has 0 spiro atoms. The van der Waals surface area contributed by atoms with Crippen LogP contribution < -0.4 is 14.8 Å². The second-order valence-electron chi connectivity index (χ2n) is 6.24. The number of ether oxygens (including phenoxy) is 2. The molecule has 0 aliphatic heterocycles. The average molecular weight is 455 g/mol. The smallest absolute Gasteiger partial charge is 0.180 e. The Labute approximate surface area is 184 Å². The molecule has 0 saturated heterocycles. The Hall–Kier alpha value is -2.14. The normalized spacial score (nSPS) is 10.7. The first-order valence-corrected chi connectivity index (χ1v) is 10.1. The Morgan fingerprint density at radius 2 is 1.59 bits per heavy atom. The molecule has 0 aliphatic carbocycles. The first-order valence-electron chi connectivity index (χ1n) is 8.97. The fraction of sp³-hybridized carbons (Fsp3) is 0.182. The van der Waals surface area contributed by atoms with E-state index in [1.165, 1.54) is 12.1 Å². The minimum absolute atomic E-state index is 0.251. The van der Waals surface area contributed by atoms with Crippen LogP contribution in [0.5, 0.6) is 11.5 Å². The van der Waals surface area contributed by atoms with Gasteiger partial charge in [0, 0.05) is 12.2 Å². The third-order valence-electron chi connectivity index (χ3n) is 4.08. The van der Waals surface area contributed by atoms with E-state index in [2.05, 4.69) is 5.32 Å². The molecule has 3 aromatic carbocycles. The van der Waals surface area contributed by atoms with Crippen LogP contribution in [0.4, 0.5) is 10.1 Å². The Morgan fingerprint density at radius 1 is 0.828 bits per heavy atom. The largest absolute Gasteiger partial charge is 0.490 e. The monoisotopic (exact) mass is 453 g/mol. The third kappa shape index (κ3) is 5.92. The van der Waals surface area contributed by atoms with Crippen molar-refractivity contribution >= 4 is 40.5 Å². The number of hydrogen-bond acceptors (Lipinski definition) is 3. The number of halogens is 4. The molecule has 0 unspecified atom stereocenters. The molecule has 0 radical (unpaired) electrons. The minimum Gasteiger partial charge on any atom is -0.490 e. The predicted molar refractivity (Wildman–Crippen MR) is 117 cm³/mol. The van der Waals surface area contributed by atoms with E-state index in [-0.39, 0.29) is 12.4 Å². The molecule has 152 valence electrons. The number of nitrogens with one attached hydrogen (secondary N) is 1. The second kappa shape index (κ2) is 10.1. The lowest BCUT2D eigenvalue weighted by Gasteiger charge is -2.16. The number of hydrogen-bond donors (Lipinski definition) is 1. The number of anilines is 1. The SMILES string of the molecule is CCOc1cc(CNc2ccc(Cl)c(Cl)c2)cc(Cl)c1OCc1ccc(F)cc1. The maximum atomic E-state index is 13.1. The van der Waals surface area contributed by atoms with Crippen LogP contribution in [0.15, 0.2) is 54.6 Å².